The highest BCUT2D eigenvalue weighted by Crippen LogP contribution is 2.39. The van der Waals surface area contributed by atoms with Crippen LogP contribution in [0.25, 0.3) is 0 Å². The summed E-state index contributed by atoms with van der Waals surface area (Å²) in [7, 11) is 0. The number of carbonyl (C=O) groups is 1. The Labute approximate surface area is 73.7 Å². The fourth-order valence-electron chi connectivity index (χ4n) is 2.64. The number of hydrogen-bond acceptors (Lipinski definition) is 2. The molecule has 1 heterocycles. The number of hydrogen-bond donors (Lipinski definition) is 1. The van der Waals surface area contributed by atoms with Gasteiger partial charge >= 0.3 is 0 Å². The SMILES string of the molecule is CC12CCCNC1CCCC2=O. The molecule has 2 fully saturated rings. The molecule has 2 aliphatic rings. The average Bonchev–Trinajstić information content (AvgIpc) is 2.07. The van der Waals surface area contributed by atoms with Crippen molar-refractivity contribution in [2.24, 2.45) is 5.41 Å². The lowest BCUT2D eigenvalue weighted by molar-refractivity contribution is -0.133. The fourth-order valence-corrected chi connectivity index (χ4v) is 2.64. The second-order valence-corrected chi connectivity index (χ2v) is 4.34. The predicted octanol–water partition coefficient (Wildman–Crippen LogP) is 1.50. The van der Waals surface area contributed by atoms with Crippen LogP contribution in [0.3, 0.4) is 0 Å². The minimum Gasteiger partial charge on any atom is -0.313 e. The van der Waals surface area contributed by atoms with Crippen LogP contribution in [-0.2, 0) is 4.79 Å². The van der Waals surface area contributed by atoms with Crippen molar-refractivity contribution in [3.05, 3.63) is 0 Å². The van der Waals surface area contributed by atoms with Gasteiger partial charge in [-0.05, 0) is 32.2 Å². The van der Waals surface area contributed by atoms with E-state index >= 15 is 0 Å². The smallest absolute Gasteiger partial charge is 0.140 e. The van der Waals surface area contributed by atoms with E-state index < -0.39 is 0 Å². The summed E-state index contributed by atoms with van der Waals surface area (Å²) < 4.78 is 0. The van der Waals surface area contributed by atoms with Crippen molar-refractivity contribution >= 4 is 5.78 Å². The highest BCUT2D eigenvalue weighted by atomic mass is 16.1. The summed E-state index contributed by atoms with van der Waals surface area (Å²) >= 11 is 0. The van der Waals surface area contributed by atoms with Gasteiger partial charge in [0.15, 0.2) is 0 Å². The van der Waals surface area contributed by atoms with Gasteiger partial charge in [0, 0.05) is 17.9 Å². The maximum Gasteiger partial charge on any atom is 0.140 e. The van der Waals surface area contributed by atoms with Gasteiger partial charge < -0.3 is 5.32 Å². The molecule has 12 heavy (non-hydrogen) atoms. The molecule has 2 heteroatoms. The van der Waals surface area contributed by atoms with Crippen molar-refractivity contribution in [2.75, 3.05) is 6.54 Å². The molecular weight excluding hydrogens is 150 g/mol. The summed E-state index contributed by atoms with van der Waals surface area (Å²) in [6.45, 7) is 3.25. The molecular formula is C10H17NO. The topological polar surface area (TPSA) is 29.1 Å². The van der Waals surface area contributed by atoms with Gasteiger partial charge in [-0.1, -0.05) is 6.92 Å². The molecule has 0 amide bonds. The normalized spacial score (nSPS) is 42.4. The first-order valence-electron chi connectivity index (χ1n) is 5.00. The minimum atomic E-state index is -0.0174. The van der Waals surface area contributed by atoms with Gasteiger partial charge in [-0.2, -0.15) is 0 Å². The Bertz CT molecular complexity index is 200. The van der Waals surface area contributed by atoms with E-state index in [-0.39, 0.29) is 5.41 Å². The van der Waals surface area contributed by atoms with Crippen molar-refractivity contribution in [2.45, 2.75) is 45.1 Å². The van der Waals surface area contributed by atoms with E-state index in [0.29, 0.717) is 11.8 Å². The first-order valence-corrected chi connectivity index (χ1v) is 5.00. The number of carbonyl (C=O) groups excluding carboxylic acids is 1. The van der Waals surface area contributed by atoms with Crippen LogP contribution in [0.5, 0.6) is 0 Å². The molecule has 1 aliphatic heterocycles. The average molecular weight is 167 g/mol. The first kappa shape index (κ1) is 8.24. The molecule has 0 bridgehead atoms. The van der Waals surface area contributed by atoms with Crippen LogP contribution in [0.1, 0.15) is 39.0 Å². The van der Waals surface area contributed by atoms with Crippen LogP contribution in [0.15, 0.2) is 0 Å². The van der Waals surface area contributed by atoms with Crippen molar-refractivity contribution in [3.8, 4) is 0 Å². The Kier molecular flexibility index (Phi) is 1.95. The Morgan fingerprint density at radius 2 is 2.33 bits per heavy atom. The van der Waals surface area contributed by atoms with E-state index in [2.05, 4.69) is 12.2 Å². The fraction of sp³-hybridized carbons (Fsp3) is 0.900. The van der Waals surface area contributed by atoms with Crippen molar-refractivity contribution in [1.29, 1.82) is 0 Å². The Morgan fingerprint density at radius 1 is 1.50 bits per heavy atom. The van der Waals surface area contributed by atoms with Crippen LogP contribution < -0.4 is 5.32 Å². The quantitative estimate of drug-likeness (QED) is 0.592. The third-order valence-electron chi connectivity index (χ3n) is 3.57. The van der Waals surface area contributed by atoms with Gasteiger partial charge in [0.25, 0.3) is 0 Å². The molecule has 0 aromatic heterocycles. The standard InChI is InChI=1S/C10H17NO/c1-10-6-3-7-11-8(10)4-2-5-9(10)12/h8,11H,2-7H2,1H3. The summed E-state index contributed by atoms with van der Waals surface area (Å²) in [6, 6.07) is 0.479. The Balaban J connectivity index is 2.20. The molecule has 68 valence electrons. The van der Waals surface area contributed by atoms with Gasteiger partial charge in [-0.25, -0.2) is 0 Å². The zero-order chi connectivity index (χ0) is 8.60. The molecule has 0 aromatic rings. The lowest BCUT2D eigenvalue weighted by Gasteiger charge is -2.44. The van der Waals surface area contributed by atoms with Gasteiger partial charge in [-0.15, -0.1) is 0 Å². The van der Waals surface area contributed by atoms with Crippen LogP contribution in [0.2, 0.25) is 0 Å². The maximum absolute atomic E-state index is 11.7. The maximum atomic E-state index is 11.7. The molecule has 1 saturated carbocycles. The zero-order valence-electron chi connectivity index (χ0n) is 7.73. The van der Waals surface area contributed by atoms with E-state index in [4.69, 9.17) is 0 Å². The molecule has 0 aromatic carbocycles. The summed E-state index contributed by atoms with van der Waals surface area (Å²) in [5.74, 6) is 0.492. The molecule has 1 saturated heterocycles. The molecule has 1 N–H and O–H groups in total. The second kappa shape index (κ2) is 2.84. The van der Waals surface area contributed by atoms with E-state index in [0.717, 1.165) is 25.8 Å². The largest absolute Gasteiger partial charge is 0.313 e. The molecule has 2 rings (SSSR count). The molecule has 0 radical (unpaired) electrons. The summed E-state index contributed by atoms with van der Waals surface area (Å²) in [5.41, 5.74) is -0.0174. The molecule has 1 aliphatic carbocycles. The van der Waals surface area contributed by atoms with E-state index in [1.54, 1.807) is 0 Å². The number of nitrogens with one attached hydrogen (secondary N) is 1. The Hall–Kier alpha value is -0.370. The number of rotatable bonds is 0. The number of fused-ring (bicyclic) bond motifs is 1. The van der Waals surface area contributed by atoms with Crippen molar-refractivity contribution in [3.63, 3.8) is 0 Å². The molecule has 0 spiro atoms. The van der Waals surface area contributed by atoms with Crippen LogP contribution in [0, 0.1) is 5.41 Å². The summed E-state index contributed by atoms with van der Waals surface area (Å²) in [5, 5.41) is 3.47. The lowest BCUT2D eigenvalue weighted by Crippen LogP contribution is -2.54. The number of ketones is 1. The Morgan fingerprint density at radius 3 is 3.08 bits per heavy atom. The molecule has 2 unspecified atom stereocenters. The van der Waals surface area contributed by atoms with Crippen molar-refractivity contribution in [1.82, 2.24) is 5.32 Å². The van der Waals surface area contributed by atoms with E-state index in [1.165, 1.54) is 12.8 Å². The first-order chi connectivity index (χ1) is 5.73. The van der Waals surface area contributed by atoms with Crippen LogP contribution in [-0.4, -0.2) is 18.4 Å². The molecule has 2 nitrogen and oxygen atoms in total. The highest BCUT2D eigenvalue weighted by Gasteiger charge is 2.44. The highest BCUT2D eigenvalue weighted by molar-refractivity contribution is 5.86. The number of Topliss-reactive ketones (excluding diaryl/α,β-unsaturated/α-hetero) is 1. The van der Waals surface area contributed by atoms with Gasteiger partial charge in [0.2, 0.25) is 0 Å². The summed E-state index contributed by atoms with van der Waals surface area (Å²) in [6.07, 6.45) is 5.37. The van der Waals surface area contributed by atoms with E-state index in [9.17, 15) is 4.79 Å². The number of piperidine rings is 1. The van der Waals surface area contributed by atoms with Crippen LogP contribution in [0.4, 0.5) is 0 Å². The zero-order valence-corrected chi connectivity index (χ0v) is 7.73. The third kappa shape index (κ3) is 1.09. The molecule has 2 atom stereocenters. The minimum absolute atomic E-state index is 0.0174. The van der Waals surface area contributed by atoms with Gasteiger partial charge in [-0.3, -0.25) is 4.79 Å². The summed E-state index contributed by atoms with van der Waals surface area (Å²) in [4.78, 5) is 11.7. The second-order valence-electron chi connectivity index (χ2n) is 4.34. The monoisotopic (exact) mass is 167 g/mol. The predicted molar refractivity (Wildman–Crippen MR) is 48.0 cm³/mol. The lowest BCUT2D eigenvalue weighted by atomic mass is 9.66. The van der Waals surface area contributed by atoms with E-state index in [1.807, 2.05) is 0 Å². The van der Waals surface area contributed by atoms with Crippen molar-refractivity contribution < 1.29 is 4.79 Å². The van der Waals surface area contributed by atoms with Crippen LogP contribution >= 0.6 is 0 Å². The van der Waals surface area contributed by atoms with Gasteiger partial charge in [0.1, 0.15) is 5.78 Å². The van der Waals surface area contributed by atoms with Gasteiger partial charge in [0.05, 0.1) is 0 Å². The third-order valence-corrected chi connectivity index (χ3v) is 3.57.